The fourth-order valence-electron chi connectivity index (χ4n) is 3.96. The van der Waals surface area contributed by atoms with Crippen molar-refractivity contribution in [1.29, 1.82) is 0 Å². The zero-order valence-electron chi connectivity index (χ0n) is 10.1. The van der Waals surface area contributed by atoms with Gasteiger partial charge in [0.05, 0.1) is 12.1 Å². The van der Waals surface area contributed by atoms with Crippen LogP contribution in [0.1, 0.15) is 6.92 Å². The van der Waals surface area contributed by atoms with E-state index >= 15 is 0 Å². The van der Waals surface area contributed by atoms with Gasteiger partial charge in [0.2, 0.25) is 0 Å². The van der Waals surface area contributed by atoms with Gasteiger partial charge in [-0.15, -0.1) is 0 Å². The summed E-state index contributed by atoms with van der Waals surface area (Å²) < 4.78 is 0. The SMILES string of the molecule is C=C1C2C3C=CC=CC3C3C(C)=CC=CN3C12. The number of allylic oxidation sites excluding steroid dienone is 5. The highest BCUT2D eigenvalue weighted by atomic mass is 15.2. The van der Waals surface area contributed by atoms with E-state index in [4.69, 9.17) is 0 Å². The molecule has 0 aromatic carbocycles. The summed E-state index contributed by atoms with van der Waals surface area (Å²) >= 11 is 0. The second kappa shape index (κ2) is 3.04. The lowest BCUT2D eigenvalue weighted by atomic mass is 9.74. The average molecular weight is 223 g/mol. The smallest absolute Gasteiger partial charge is 0.0576 e. The summed E-state index contributed by atoms with van der Waals surface area (Å²) in [6, 6.07) is 1.14. The van der Waals surface area contributed by atoms with Crippen LogP contribution in [0.5, 0.6) is 0 Å². The van der Waals surface area contributed by atoms with Gasteiger partial charge in [-0.05, 0) is 24.5 Å². The van der Waals surface area contributed by atoms with Crippen LogP contribution < -0.4 is 0 Å². The molecule has 17 heavy (non-hydrogen) atoms. The van der Waals surface area contributed by atoms with Crippen molar-refractivity contribution in [3.63, 3.8) is 0 Å². The van der Waals surface area contributed by atoms with E-state index in [0.717, 1.165) is 0 Å². The van der Waals surface area contributed by atoms with Gasteiger partial charge in [-0.2, -0.15) is 0 Å². The summed E-state index contributed by atoms with van der Waals surface area (Å²) in [4.78, 5) is 2.53. The molecule has 2 heterocycles. The minimum absolute atomic E-state index is 0.548. The van der Waals surface area contributed by atoms with Crippen LogP contribution in [0.4, 0.5) is 0 Å². The largest absolute Gasteiger partial charge is 0.363 e. The second-order valence-electron chi connectivity index (χ2n) is 5.61. The third-order valence-electron chi connectivity index (χ3n) is 4.77. The van der Waals surface area contributed by atoms with Crippen molar-refractivity contribution in [2.24, 2.45) is 17.8 Å². The third kappa shape index (κ3) is 1.09. The molecule has 0 bridgehead atoms. The average Bonchev–Trinajstić information content (AvgIpc) is 3.02. The highest BCUT2D eigenvalue weighted by Gasteiger charge is 2.59. The standard InChI is InChI=1S/C16H17N/c1-10-6-5-9-17-15(10)13-8-4-3-7-12(13)14-11(2)16(14)17/h3-9,12-16H,2H2,1H3. The molecule has 1 nitrogen and oxygen atoms in total. The van der Waals surface area contributed by atoms with Crippen molar-refractivity contribution in [3.05, 3.63) is 60.4 Å². The van der Waals surface area contributed by atoms with Crippen LogP contribution in [0.2, 0.25) is 0 Å². The molecule has 0 N–H and O–H groups in total. The van der Waals surface area contributed by atoms with Gasteiger partial charge in [0.1, 0.15) is 0 Å². The lowest BCUT2D eigenvalue weighted by Gasteiger charge is -2.45. The molecule has 4 aliphatic rings. The van der Waals surface area contributed by atoms with Gasteiger partial charge < -0.3 is 4.90 Å². The summed E-state index contributed by atoms with van der Waals surface area (Å²) in [5, 5.41) is 0. The number of fused-ring (bicyclic) bond motifs is 6. The van der Waals surface area contributed by atoms with E-state index in [0.29, 0.717) is 29.8 Å². The molecule has 0 aromatic rings. The van der Waals surface area contributed by atoms with Gasteiger partial charge in [0.15, 0.2) is 0 Å². The Morgan fingerprint density at radius 3 is 2.65 bits per heavy atom. The first-order valence-electron chi connectivity index (χ1n) is 6.45. The molecule has 5 atom stereocenters. The molecule has 0 aromatic heterocycles. The summed E-state index contributed by atoms with van der Waals surface area (Å²) in [6.07, 6.45) is 15.9. The maximum Gasteiger partial charge on any atom is 0.0576 e. The van der Waals surface area contributed by atoms with E-state index in [1.807, 2.05) is 0 Å². The van der Waals surface area contributed by atoms with Gasteiger partial charge in [-0.3, -0.25) is 0 Å². The maximum absolute atomic E-state index is 4.27. The number of hydrogen-bond acceptors (Lipinski definition) is 1. The Morgan fingerprint density at radius 1 is 1.06 bits per heavy atom. The first kappa shape index (κ1) is 9.52. The summed E-state index contributed by atoms with van der Waals surface area (Å²) in [5.41, 5.74) is 2.92. The van der Waals surface area contributed by atoms with Crippen LogP contribution in [-0.2, 0) is 0 Å². The van der Waals surface area contributed by atoms with Crippen LogP contribution in [0.25, 0.3) is 0 Å². The lowest BCUT2D eigenvalue weighted by molar-refractivity contribution is 0.149. The predicted molar refractivity (Wildman–Crippen MR) is 70.2 cm³/mol. The number of rotatable bonds is 0. The van der Waals surface area contributed by atoms with E-state index in [1.54, 1.807) is 0 Å². The zero-order valence-corrected chi connectivity index (χ0v) is 10.1. The van der Waals surface area contributed by atoms with E-state index < -0.39 is 0 Å². The lowest BCUT2D eigenvalue weighted by Crippen LogP contribution is -2.48. The zero-order chi connectivity index (χ0) is 11.6. The monoisotopic (exact) mass is 223 g/mol. The van der Waals surface area contributed by atoms with Gasteiger partial charge in [-0.1, -0.05) is 42.5 Å². The molecule has 1 heteroatoms. The Hall–Kier alpha value is -1.50. The van der Waals surface area contributed by atoms with Crippen molar-refractivity contribution >= 4 is 0 Å². The number of nitrogens with zero attached hydrogens (tertiary/aromatic N) is 1. The normalized spacial score (nSPS) is 45.0. The van der Waals surface area contributed by atoms with Crippen molar-refractivity contribution in [2.45, 2.75) is 19.0 Å². The van der Waals surface area contributed by atoms with Crippen molar-refractivity contribution in [2.75, 3.05) is 0 Å². The Balaban J connectivity index is 1.82. The van der Waals surface area contributed by atoms with Crippen molar-refractivity contribution < 1.29 is 0 Å². The fraction of sp³-hybridized carbons (Fsp3) is 0.375. The van der Waals surface area contributed by atoms with Crippen molar-refractivity contribution in [3.8, 4) is 0 Å². The van der Waals surface area contributed by atoms with E-state index in [2.05, 4.69) is 61.1 Å². The molecule has 2 fully saturated rings. The molecule has 2 aliphatic carbocycles. The highest BCUT2D eigenvalue weighted by Crippen LogP contribution is 2.57. The predicted octanol–water partition coefficient (Wildman–Crippen LogP) is 3.06. The van der Waals surface area contributed by atoms with Crippen LogP contribution in [-0.4, -0.2) is 17.0 Å². The number of piperidine rings is 1. The van der Waals surface area contributed by atoms with E-state index in [1.165, 1.54) is 11.1 Å². The van der Waals surface area contributed by atoms with Gasteiger partial charge >= 0.3 is 0 Å². The Labute approximate surface area is 103 Å². The Bertz CT molecular complexity index is 506. The summed E-state index contributed by atoms with van der Waals surface area (Å²) in [7, 11) is 0. The van der Waals surface area contributed by atoms with Gasteiger partial charge in [0.25, 0.3) is 0 Å². The van der Waals surface area contributed by atoms with Crippen molar-refractivity contribution in [1.82, 2.24) is 4.90 Å². The van der Waals surface area contributed by atoms with E-state index in [9.17, 15) is 0 Å². The van der Waals surface area contributed by atoms with Crippen LogP contribution in [0.3, 0.4) is 0 Å². The van der Waals surface area contributed by atoms with Crippen LogP contribution >= 0.6 is 0 Å². The summed E-state index contributed by atoms with van der Waals surface area (Å²) in [5.74, 6) is 1.99. The van der Waals surface area contributed by atoms with Crippen LogP contribution in [0.15, 0.2) is 60.4 Å². The molecular weight excluding hydrogens is 206 g/mol. The second-order valence-corrected chi connectivity index (χ2v) is 5.61. The van der Waals surface area contributed by atoms with Crippen LogP contribution in [0, 0.1) is 17.8 Å². The molecule has 86 valence electrons. The first-order valence-corrected chi connectivity index (χ1v) is 6.45. The molecular formula is C16H17N. The first-order chi connectivity index (χ1) is 8.29. The number of hydrogen-bond donors (Lipinski definition) is 0. The molecule has 1 saturated carbocycles. The molecule has 5 unspecified atom stereocenters. The van der Waals surface area contributed by atoms with Gasteiger partial charge in [-0.25, -0.2) is 0 Å². The quantitative estimate of drug-likeness (QED) is 0.570. The third-order valence-corrected chi connectivity index (χ3v) is 4.77. The fourth-order valence-corrected chi connectivity index (χ4v) is 3.96. The molecule has 2 aliphatic heterocycles. The molecule has 0 radical (unpaired) electrons. The molecule has 0 spiro atoms. The topological polar surface area (TPSA) is 3.24 Å². The Kier molecular flexibility index (Phi) is 1.70. The minimum atomic E-state index is 0.548. The molecule has 1 saturated heterocycles. The Morgan fingerprint density at radius 2 is 1.82 bits per heavy atom. The molecule has 0 amide bonds. The minimum Gasteiger partial charge on any atom is -0.363 e. The van der Waals surface area contributed by atoms with E-state index in [-0.39, 0.29) is 0 Å². The highest BCUT2D eigenvalue weighted by molar-refractivity contribution is 5.45. The summed E-state index contributed by atoms with van der Waals surface area (Å²) in [6.45, 7) is 6.53. The maximum atomic E-state index is 4.27. The van der Waals surface area contributed by atoms with Gasteiger partial charge in [0, 0.05) is 18.0 Å². The molecule has 4 rings (SSSR count).